The summed E-state index contributed by atoms with van der Waals surface area (Å²) >= 11 is 0.587. The zero-order chi connectivity index (χ0) is 13.0. The third-order valence-corrected chi connectivity index (χ3v) is 3.97. The molecule has 0 heterocycles. The van der Waals surface area contributed by atoms with Crippen molar-refractivity contribution in [1.82, 2.24) is 0 Å². The average Bonchev–Trinajstić information content (AvgIpc) is 2.31. The molecule has 1 aliphatic carbocycles. The van der Waals surface area contributed by atoms with Crippen LogP contribution in [0.1, 0.15) is 25.7 Å². The number of hydrogen-bond donors (Lipinski definition) is 2. The van der Waals surface area contributed by atoms with Crippen molar-refractivity contribution in [2.75, 3.05) is 5.32 Å². The van der Waals surface area contributed by atoms with Crippen LogP contribution < -0.4 is 11.1 Å². The van der Waals surface area contributed by atoms with E-state index in [9.17, 15) is 8.78 Å². The van der Waals surface area contributed by atoms with Gasteiger partial charge in [-0.05, 0) is 37.8 Å². The van der Waals surface area contributed by atoms with Gasteiger partial charge in [-0.15, -0.1) is 0 Å². The fourth-order valence-electron chi connectivity index (χ4n) is 2.36. The third kappa shape index (κ3) is 3.85. The summed E-state index contributed by atoms with van der Waals surface area (Å²) in [7, 11) is 0. The maximum Gasteiger partial charge on any atom is 0.288 e. The number of hydrogen-bond acceptors (Lipinski definition) is 3. The summed E-state index contributed by atoms with van der Waals surface area (Å²) in [5, 5.41) is 3.35. The highest BCUT2D eigenvalue weighted by Gasteiger charge is 2.20. The van der Waals surface area contributed by atoms with E-state index in [-0.39, 0.29) is 6.04 Å². The van der Waals surface area contributed by atoms with Gasteiger partial charge >= 0.3 is 0 Å². The second-order valence-electron chi connectivity index (χ2n) is 4.64. The Bertz CT molecular complexity index is 387. The van der Waals surface area contributed by atoms with Gasteiger partial charge in [-0.1, -0.05) is 23.9 Å². The summed E-state index contributed by atoms with van der Waals surface area (Å²) < 4.78 is 24.9. The molecule has 0 amide bonds. The number of thioether (sulfide) groups is 1. The standard InChI is InChI=1S/C13H18F2N2S/c14-13(15)18-12-7-2-1-6-11(12)17-10-5-3-4-9(16)8-10/h1-2,6-7,9-10,13,17H,3-5,8,16H2. The first-order valence-electron chi connectivity index (χ1n) is 6.21. The van der Waals surface area contributed by atoms with Crippen LogP contribution in [0.25, 0.3) is 0 Å². The molecule has 1 aliphatic rings. The number of rotatable bonds is 4. The SMILES string of the molecule is NC1CCCC(Nc2ccccc2SC(F)F)C1. The first-order chi connectivity index (χ1) is 8.65. The van der Waals surface area contributed by atoms with Crippen LogP contribution in [0.3, 0.4) is 0 Å². The molecule has 0 spiro atoms. The molecule has 3 N–H and O–H groups in total. The van der Waals surface area contributed by atoms with Crippen LogP contribution in [0, 0.1) is 0 Å². The summed E-state index contributed by atoms with van der Waals surface area (Å²) in [5.41, 5.74) is 6.73. The lowest BCUT2D eigenvalue weighted by molar-refractivity contribution is 0.252. The van der Waals surface area contributed by atoms with Crippen LogP contribution in [0.4, 0.5) is 14.5 Å². The van der Waals surface area contributed by atoms with Crippen LogP contribution in [0.5, 0.6) is 0 Å². The topological polar surface area (TPSA) is 38.0 Å². The number of anilines is 1. The summed E-state index contributed by atoms with van der Waals surface area (Å²) in [6.45, 7) is 0. The fourth-order valence-corrected chi connectivity index (χ4v) is 2.97. The molecule has 1 aromatic rings. The van der Waals surface area contributed by atoms with Gasteiger partial charge in [0.25, 0.3) is 5.76 Å². The lowest BCUT2D eigenvalue weighted by Gasteiger charge is -2.28. The Morgan fingerprint density at radius 3 is 2.78 bits per heavy atom. The lowest BCUT2D eigenvalue weighted by Crippen LogP contribution is -2.34. The fraction of sp³-hybridized carbons (Fsp3) is 0.538. The van der Waals surface area contributed by atoms with E-state index < -0.39 is 5.76 Å². The van der Waals surface area contributed by atoms with Gasteiger partial charge in [-0.25, -0.2) is 0 Å². The Morgan fingerprint density at radius 2 is 2.06 bits per heavy atom. The Kier molecular flexibility index (Phi) is 4.83. The summed E-state index contributed by atoms with van der Waals surface area (Å²) in [5.74, 6) is -2.39. The minimum absolute atomic E-state index is 0.228. The Balaban J connectivity index is 2.03. The van der Waals surface area contributed by atoms with Gasteiger partial charge in [0, 0.05) is 22.7 Å². The molecule has 0 saturated heterocycles. The van der Waals surface area contributed by atoms with E-state index in [1.54, 1.807) is 12.1 Å². The molecule has 2 atom stereocenters. The van der Waals surface area contributed by atoms with Crippen molar-refractivity contribution in [3.05, 3.63) is 24.3 Å². The number of para-hydroxylation sites is 1. The molecule has 2 rings (SSSR count). The zero-order valence-electron chi connectivity index (χ0n) is 10.1. The number of alkyl halides is 2. The van der Waals surface area contributed by atoms with Crippen LogP contribution >= 0.6 is 11.8 Å². The molecule has 0 aliphatic heterocycles. The second-order valence-corrected chi connectivity index (χ2v) is 5.67. The van der Waals surface area contributed by atoms with Crippen molar-refractivity contribution in [3.63, 3.8) is 0 Å². The van der Waals surface area contributed by atoms with Crippen molar-refractivity contribution in [2.45, 2.75) is 48.4 Å². The quantitative estimate of drug-likeness (QED) is 0.821. The maximum atomic E-state index is 12.5. The normalized spacial score (nSPS) is 24.2. The first kappa shape index (κ1) is 13.6. The summed E-state index contributed by atoms with van der Waals surface area (Å²) in [4.78, 5) is 0.603. The van der Waals surface area contributed by atoms with Crippen LogP contribution in [0.2, 0.25) is 0 Å². The van der Waals surface area contributed by atoms with Gasteiger partial charge < -0.3 is 11.1 Å². The van der Waals surface area contributed by atoms with E-state index in [0.29, 0.717) is 22.7 Å². The molecule has 1 fully saturated rings. The van der Waals surface area contributed by atoms with Crippen LogP contribution in [-0.2, 0) is 0 Å². The van der Waals surface area contributed by atoms with E-state index >= 15 is 0 Å². The average molecular weight is 272 g/mol. The molecule has 2 unspecified atom stereocenters. The van der Waals surface area contributed by atoms with E-state index in [1.807, 2.05) is 12.1 Å². The molecule has 5 heteroatoms. The number of nitrogens with two attached hydrogens (primary N) is 1. The Labute approximate surface area is 110 Å². The minimum Gasteiger partial charge on any atom is -0.381 e. The van der Waals surface area contributed by atoms with Crippen molar-refractivity contribution in [1.29, 1.82) is 0 Å². The zero-order valence-corrected chi connectivity index (χ0v) is 10.9. The van der Waals surface area contributed by atoms with Gasteiger partial charge in [0.2, 0.25) is 0 Å². The maximum absolute atomic E-state index is 12.5. The summed E-state index contributed by atoms with van der Waals surface area (Å²) in [6.07, 6.45) is 4.13. The van der Waals surface area contributed by atoms with E-state index in [4.69, 9.17) is 5.73 Å². The predicted molar refractivity (Wildman–Crippen MR) is 72.2 cm³/mol. The molecule has 2 nitrogen and oxygen atoms in total. The highest BCUT2D eigenvalue weighted by molar-refractivity contribution is 7.99. The lowest BCUT2D eigenvalue weighted by atomic mass is 9.91. The van der Waals surface area contributed by atoms with Gasteiger partial charge in [0.1, 0.15) is 0 Å². The van der Waals surface area contributed by atoms with Crippen LogP contribution in [0.15, 0.2) is 29.2 Å². The van der Waals surface area contributed by atoms with Crippen molar-refractivity contribution in [2.24, 2.45) is 5.73 Å². The van der Waals surface area contributed by atoms with E-state index in [2.05, 4.69) is 5.32 Å². The van der Waals surface area contributed by atoms with E-state index in [0.717, 1.165) is 31.4 Å². The molecular weight excluding hydrogens is 254 g/mol. The monoisotopic (exact) mass is 272 g/mol. The Hall–Kier alpha value is -0.810. The smallest absolute Gasteiger partial charge is 0.288 e. The van der Waals surface area contributed by atoms with Crippen molar-refractivity contribution in [3.8, 4) is 0 Å². The summed E-state index contributed by atoms with van der Waals surface area (Å²) in [6, 6.07) is 7.75. The molecular formula is C13H18F2N2S. The van der Waals surface area contributed by atoms with Crippen LogP contribution in [-0.4, -0.2) is 17.8 Å². The van der Waals surface area contributed by atoms with Gasteiger partial charge in [0.15, 0.2) is 0 Å². The van der Waals surface area contributed by atoms with Crippen molar-refractivity contribution < 1.29 is 8.78 Å². The molecule has 1 aromatic carbocycles. The molecule has 0 bridgehead atoms. The number of benzene rings is 1. The number of halogens is 2. The largest absolute Gasteiger partial charge is 0.381 e. The van der Waals surface area contributed by atoms with Gasteiger partial charge in [-0.2, -0.15) is 8.78 Å². The Morgan fingerprint density at radius 1 is 1.28 bits per heavy atom. The second kappa shape index (κ2) is 6.38. The molecule has 1 saturated carbocycles. The third-order valence-electron chi connectivity index (χ3n) is 3.18. The molecule has 100 valence electrons. The van der Waals surface area contributed by atoms with Gasteiger partial charge in [0.05, 0.1) is 0 Å². The molecule has 0 aromatic heterocycles. The predicted octanol–water partition coefficient (Wildman–Crippen LogP) is 3.68. The molecule has 18 heavy (non-hydrogen) atoms. The highest BCUT2D eigenvalue weighted by Crippen LogP contribution is 2.33. The van der Waals surface area contributed by atoms with Gasteiger partial charge in [-0.3, -0.25) is 0 Å². The molecule has 0 radical (unpaired) electrons. The van der Waals surface area contributed by atoms with E-state index in [1.165, 1.54) is 0 Å². The highest BCUT2D eigenvalue weighted by atomic mass is 32.2. The number of nitrogens with one attached hydrogen (secondary N) is 1. The minimum atomic E-state index is -2.39. The first-order valence-corrected chi connectivity index (χ1v) is 7.09. The van der Waals surface area contributed by atoms with Crippen molar-refractivity contribution >= 4 is 17.4 Å².